The lowest BCUT2D eigenvalue weighted by Gasteiger charge is -2.27. The third kappa shape index (κ3) is 4.37. The summed E-state index contributed by atoms with van der Waals surface area (Å²) in [6.45, 7) is 1.38. The highest BCUT2D eigenvalue weighted by molar-refractivity contribution is 7.52. The Balaban J connectivity index is 1.46. The van der Waals surface area contributed by atoms with Crippen molar-refractivity contribution >= 4 is 48.2 Å². The van der Waals surface area contributed by atoms with Crippen molar-refractivity contribution < 1.29 is 37.4 Å². The average Bonchev–Trinajstić information content (AvgIpc) is 3.16. The zero-order chi connectivity index (χ0) is 29.0. The summed E-state index contributed by atoms with van der Waals surface area (Å²) in [7, 11) is 0.164. The fraction of sp³-hybridized carbons (Fsp3) is 0.478. The fourth-order valence-corrected chi connectivity index (χ4v) is 6.96. The van der Waals surface area contributed by atoms with Crippen LogP contribution >= 0.6 is 19.3 Å². The number of nitrogen functional groups attached to an aromatic ring is 1. The summed E-state index contributed by atoms with van der Waals surface area (Å²) in [5, 5.41) is 14.0. The van der Waals surface area contributed by atoms with Gasteiger partial charge in [-0.25, -0.2) is 13.9 Å². The van der Waals surface area contributed by atoms with Gasteiger partial charge in [-0.05, 0) is 19.1 Å². The molecule has 1 aromatic carbocycles. The van der Waals surface area contributed by atoms with E-state index in [1.807, 2.05) is 0 Å². The maximum absolute atomic E-state index is 16.1. The molecule has 0 amide bonds. The molecule has 2 aliphatic rings. The molecule has 0 radical (unpaired) electrons. The van der Waals surface area contributed by atoms with Gasteiger partial charge in [0.1, 0.15) is 23.5 Å². The zero-order valence-corrected chi connectivity index (χ0v) is 23.5. The number of rotatable bonds is 10. The number of alkyl halides is 2. The van der Waals surface area contributed by atoms with E-state index >= 15 is 4.39 Å². The molecule has 1 saturated carbocycles. The summed E-state index contributed by atoms with van der Waals surface area (Å²) >= 11 is 6.21. The minimum absolute atomic E-state index is 0.0757. The highest BCUT2D eigenvalue weighted by Crippen LogP contribution is 2.69. The average molecular weight is 600 g/mol. The lowest BCUT2D eigenvalue weighted by molar-refractivity contribution is -0.142. The van der Waals surface area contributed by atoms with Crippen LogP contribution in [-0.2, 0) is 23.4 Å². The Morgan fingerprint density at radius 2 is 2.08 bits per heavy atom. The van der Waals surface area contributed by atoms with Gasteiger partial charge in [-0.3, -0.25) is 13.9 Å². The van der Waals surface area contributed by atoms with Crippen molar-refractivity contribution in [2.45, 2.75) is 42.7 Å². The predicted octanol–water partition coefficient (Wildman–Crippen LogP) is 1.79. The minimum atomic E-state index is -4.46. The van der Waals surface area contributed by atoms with Crippen LogP contribution in [0.1, 0.15) is 13.2 Å². The number of aliphatic hydroxyl groups is 1. The maximum atomic E-state index is 16.1. The molecule has 1 aliphatic heterocycles. The number of halogens is 2. The number of esters is 1. The number of aromatic nitrogens is 4. The van der Waals surface area contributed by atoms with Crippen LogP contribution < -0.4 is 20.2 Å². The fourth-order valence-electron chi connectivity index (χ4n) is 4.80. The highest BCUT2D eigenvalue weighted by atomic mass is 35.5. The zero-order valence-electron chi connectivity index (χ0n) is 21.9. The van der Waals surface area contributed by atoms with Crippen molar-refractivity contribution in [1.82, 2.24) is 24.6 Å². The van der Waals surface area contributed by atoms with Gasteiger partial charge in [-0.2, -0.15) is 15.1 Å². The monoisotopic (exact) mass is 599 g/mol. The van der Waals surface area contributed by atoms with Crippen molar-refractivity contribution in [3.05, 3.63) is 36.7 Å². The number of methoxy groups -OCH3 is 1. The molecule has 7 atom stereocenters. The summed E-state index contributed by atoms with van der Waals surface area (Å²) in [6, 6.07) is 6.82. The molecule has 1 unspecified atom stereocenters. The van der Waals surface area contributed by atoms with E-state index in [9.17, 15) is 14.5 Å². The second-order valence-electron chi connectivity index (χ2n) is 9.64. The van der Waals surface area contributed by atoms with E-state index in [2.05, 4.69) is 24.8 Å². The molecule has 4 N–H and O–H groups in total. The highest BCUT2D eigenvalue weighted by Gasteiger charge is 2.90. The molecule has 0 spiro atoms. The molecule has 1 aliphatic carbocycles. The van der Waals surface area contributed by atoms with Crippen LogP contribution in [0.3, 0.4) is 0 Å². The Morgan fingerprint density at radius 3 is 2.67 bits per heavy atom. The number of nitrogens with two attached hydrogens (primary N) is 1. The third-order valence-electron chi connectivity index (χ3n) is 6.86. The molecule has 40 heavy (non-hydrogen) atoms. The number of nitrogens with zero attached hydrogens (tertiary/aromatic N) is 5. The Bertz CT molecular complexity index is 1480. The van der Waals surface area contributed by atoms with E-state index < -0.39 is 55.3 Å². The van der Waals surface area contributed by atoms with Gasteiger partial charge in [0.2, 0.25) is 5.95 Å². The van der Waals surface area contributed by atoms with E-state index in [-0.39, 0.29) is 17.3 Å². The predicted molar refractivity (Wildman–Crippen MR) is 142 cm³/mol. The van der Waals surface area contributed by atoms with Crippen LogP contribution in [0.4, 0.5) is 16.2 Å². The van der Waals surface area contributed by atoms with Gasteiger partial charge in [0.25, 0.3) is 0 Å². The van der Waals surface area contributed by atoms with E-state index in [1.165, 1.54) is 30.0 Å². The van der Waals surface area contributed by atoms with Crippen LogP contribution in [0, 0.1) is 0 Å². The second kappa shape index (κ2) is 10.1. The first-order valence-electron chi connectivity index (χ1n) is 12.1. The molecule has 2 aromatic heterocycles. The van der Waals surface area contributed by atoms with E-state index in [0.29, 0.717) is 11.3 Å². The number of carbonyl (C=O) groups excluding carboxylic acids is 1. The molecule has 17 heteroatoms. The van der Waals surface area contributed by atoms with Gasteiger partial charge in [0, 0.05) is 14.1 Å². The third-order valence-corrected chi connectivity index (χ3v) is 8.90. The van der Waals surface area contributed by atoms with Crippen LogP contribution in [-0.4, -0.2) is 87.2 Å². The van der Waals surface area contributed by atoms with Crippen molar-refractivity contribution in [1.29, 1.82) is 0 Å². The quantitative estimate of drug-likeness (QED) is 0.175. The number of para-hydroxylation sites is 1. The van der Waals surface area contributed by atoms with Gasteiger partial charge < -0.3 is 29.7 Å². The molecule has 3 heterocycles. The van der Waals surface area contributed by atoms with Gasteiger partial charge in [0.15, 0.2) is 35.0 Å². The first kappa shape index (κ1) is 28.5. The molecular formula is C23H28ClFN7O7P. The summed E-state index contributed by atoms with van der Waals surface area (Å²) in [5.74, 6) is -0.741. The van der Waals surface area contributed by atoms with Crippen molar-refractivity contribution in [3.8, 4) is 5.75 Å². The van der Waals surface area contributed by atoms with E-state index in [1.54, 1.807) is 37.2 Å². The normalized spacial score (nSPS) is 29.4. The van der Waals surface area contributed by atoms with Crippen LogP contribution in [0.25, 0.3) is 11.2 Å². The smallest absolute Gasteiger partial charge is 0.459 e. The molecular weight excluding hydrogens is 572 g/mol. The summed E-state index contributed by atoms with van der Waals surface area (Å²) in [6.07, 6.45) is -3.83. The largest absolute Gasteiger partial charge is 0.468 e. The van der Waals surface area contributed by atoms with Crippen LogP contribution in [0.15, 0.2) is 36.7 Å². The first-order valence-corrected chi connectivity index (χ1v) is 14.1. The van der Waals surface area contributed by atoms with Gasteiger partial charge in [-0.1, -0.05) is 18.2 Å². The molecule has 2 fully saturated rings. The van der Waals surface area contributed by atoms with Crippen LogP contribution in [0.5, 0.6) is 5.75 Å². The van der Waals surface area contributed by atoms with Crippen molar-refractivity contribution in [2.24, 2.45) is 0 Å². The van der Waals surface area contributed by atoms with Crippen LogP contribution in [0.2, 0.25) is 0 Å². The van der Waals surface area contributed by atoms with Gasteiger partial charge >= 0.3 is 13.7 Å². The summed E-state index contributed by atoms with van der Waals surface area (Å²) < 4.78 is 53.3. The number of carbonyl (C=O) groups is 1. The first-order chi connectivity index (χ1) is 18.9. The molecule has 3 aromatic rings. The summed E-state index contributed by atoms with van der Waals surface area (Å²) in [5.41, 5.74) is 2.19. The van der Waals surface area contributed by atoms with Gasteiger partial charge in [0.05, 0.1) is 19.3 Å². The van der Waals surface area contributed by atoms with Gasteiger partial charge in [-0.15, -0.1) is 11.6 Å². The number of anilines is 2. The number of benzene rings is 1. The van der Waals surface area contributed by atoms with E-state index in [0.717, 1.165) is 7.11 Å². The maximum Gasteiger partial charge on any atom is 0.459 e. The Hall–Kier alpha value is -3.07. The topological polar surface area (TPSA) is 176 Å². The lowest BCUT2D eigenvalue weighted by atomic mass is 10.1. The Kier molecular flexibility index (Phi) is 7.18. The SMILES string of the molecule is COC(=O)[C@@H](C)N[P@](=O)(Oc1ccccc1)OC1[C@@]2(CCl)O[C@@H](n3cnc4c(N(C)C)nc(N)nc43)[C@H](F)[C@@]12O. The molecule has 0 bridgehead atoms. The van der Waals surface area contributed by atoms with E-state index in [4.69, 9.17) is 31.1 Å². The second-order valence-corrected chi connectivity index (χ2v) is 11.6. The standard InChI is InChI=1S/C23H28ClFN7O7P/c1-12(19(33)36-4)30-40(35,38-13-8-6-5-7-9-13)39-20-22(10-24)23(20,34)15(25)18(37-22)32-11-27-14-16(31(2)3)28-21(26)29-17(14)32/h5-9,11-12,15,18,20,34H,10H2,1-4H3,(H,30,35)(H2,26,28,29)/t12-,15+,18-,20?,22-,23-,40+/m1/s1. The number of imidazole rings is 1. The number of ether oxygens (including phenoxy) is 2. The minimum Gasteiger partial charge on any atom is -0.468 e. The molecule has 5 rings (SSSR count). The summed E-state index contributed by atoms with van der Waals surface area (Å²) in [4.78, 5) is 26.3. The lowest BCUT2D eigenvalue weighted by Crippen LogP contribution is -2.37. The van der Waals surface area contributed by atoms with Crippen molar-refractivity contribution in [2.75, 3.05) is 37.7 Å². The number of nitrogens with one attached hydrogen (secondary N) is 1. The molecule has 14 nitrogen and oxygen atoms in total. The molecule has 1 saturated heterocycles. The number of fused-ring (bicyclic) bond motifs is 2. The number of hydrogen-bond acceptors (Lipinski definition) is 12. The molecule has 216 valence electrons. The Labute approximate surface area is 233 Å². The van der Waals surface area contributed by atoms with Crippen molar-refractivity contribution in [3.63, 3.8) is 0 Å². The number of hydrogen-bond donors (Lipinski definition) is 3. The Morgan fingerprint density at radius 1 is 1.38 bits per heavy atom.